The first-order chi connectivity index (χ1) is 8.66. The van der Waals surface area contributed by atoms with Crippen molar-refractivity contribution in [3.8, 4) is 0 Å². The summed E-state index contributed by atoms with van der Waals surface area (Å²) in [6.07, 6.45) is 0.752. The first-order valence-corrected chi connectivity index (χ1v) is 7.61. The third-order valence-corrected chi connectivity index (χ3v) is 4.75. The van der Waals surface area contributed by atoms with Crippen LogP contribution in [0, 0.1) is 0 Å². The molecule has 2 aromatic rings. The summed E-state index contributed by atoms with van der Waals surface area (Å²) in [4.78, 5) is 12.6. The van der Waals surface area contributed by atoms with Gasteiger partial charge in [-0.1, -0.05) is 12.1 Å². The monoisotopic (exact) mass is 280 g/mol. The Morgan fingerprint density at radius 2 is 2.11 bits per heavy atom. The number of carboxylic acids is 1. The second-order valence-corrected chi connectivity index (χ2v) is 6.31. The zero-order valence-electron chi connectivity index (χ0n) is 9.54. The van der Waals surface area contributed by atoms with Crippen molar-refractivity contribution in [1.82, 2.24) is 0 Å². The summed E-state index contributed by atoms with van der Waals surface area (Å²) < 4.78 is 12.0. The number of carboxylic acid groups (broad SMARTS) is 1. The van der Waals surface area contributed by atoms with Crippen molar-refractivity contribution in [3.63, 3.8) is 0 Å². The molecule has 0 saturated heterocycles. The zero-order valence-corrected chi connectivity index (χ0v) is 11.2. The van der Waals surface area contributed by atoms with Crippen molar-refractivity contribution in [2.24, 2.45) is 0 Å². The molecular weight excluding hydrogens is 268 g/mol. The van der Waals surface area contributed by atoms with E-state index in [0.717, 1.165) is 6.42 Å². The molecule has 1 heterocycles. The topological polar surface area (TPSA) is 54.4 Å². The molecule has 5 heteroatoms. The van der Waals surface area contributed by atoms with Gasteiger partial charge in [0.05, 0.1) is 16.4 Å². The van der Waals surface area contributed by atoms with Crippen LogP contribution in [0.3, 0.4) is 0 Å². The molecule has 0 radical (unpaired) electrons. The van der Waals surface area contributed by atoms with Crippen LogP contribution in [-0.2, 0) is 17.2 Å². The minimum absolute atomic E-state index is 0.178. The number of thiophene rings is 1. The maximum Gasteiger partial charge on any atom is 0.335 e. The molecule has 0 aliphatic heterocycles. The third-order valence-electron chi connectivity index (χ3n) is 2.46. The highest BCUT2D eigenvalue weighted by atomic mass is 32.2. The van der Waals surface area contributed by atoms with Crippen LogP contribution in [0.15, 0.2) is 46.7 Å². The SMILES string of the molecule is O=C(O)c1cccc(S(=O)CCc2cccs2)c1. The van der Waals surface area contributed by atoms with Gasteiger partial charge in [0.15, 0.2) is 0 Å². The van der Waals surface area contributed by atoms with Gasteiger partial charge in [-0.25, -0.2) is 4.79 Å². The fourth-order valence-corrected chi connectivity index (χ4v) is 3.50. The average molecular weight is 280 g/mol. The van der Waals surface area contributed by atoms with Crippen molar-refractivity contribution in [3.05, 3.63) is 52.2 Å². The number of aryl methyl sites for hydroxylation is 1. The predicted molar refractivity (Wildman–Crippen MR) is 72.7 cm³/mol. The van der Waals surface area contributed by atoms with E-state index < -0.39 is 16.8 Å². The lowest BCUT2D eigenvalue weighted by Gasteiger charge is -2.02. The highest BCUT2D eigenvalue weighted by Gasteiger charge is 2.08. The minimum Gasteiger partial charge on any atom is -0.478 e. The van der Waals surface area contributed by atoms with Crippen LogP contribution >= 0.6 is 11.3 Å². The molecule has 0 fully saturated rings. The van der Waals surface area contributed by atoms with Crippen molar-refractivity contribution < 1.29 is 14.1 Å². The van der Waals surface area contributed by atoms with E-state index in [1.165, 1.54) is 17.0 Å². The van der Waals surface area contributed by atoms with E-state index in [4.69, 9.17) is 5.11 Å². The number of aromatic carboxylic acids is 1. The summed E-state index contributed by atoms with van der Waals surface area (Å²) in [5.41, 5.74) is 0.178. The largest absolute Gasteiger partial charge is 0.478 e. The molecule has 1 aromatic heterocycles. The number of carbonyl (C=O) groups is 1. The summed E-state index contributed by atoms with van der Waals surface area (Å²) in [7, 11) is -1.15. The molecule has 94 valence electrons. The standard InChI is InChI=1S/C13H12O3S2/c14-13(15)10-3-1-5-12(9-10)18(16)8-6-11-4-2-7-17-11/h1-5,7,9H,6,8H2,(H,14,15). The average Bonchev–Trinajstić information content (AvgIpc) is 2.89. The Morgan fingerprint density at radius 1 is 1.28 bits per heavy atom. The van der Waals surface area contributed by atoms with E-state index >= 15 is 0 Å². The van der Waals surface area contributed by atoms with Gasteiger partial charge in [0.1, 0.15) is 0 Å². The van der Waals surface area contributed by atoms with Gasteiger partial charge in [0, 0.05) is 15.5 Å². The van der Waals surface area contributed by atoms with Crippen LogP contribution in [0.25, 0.3) is 0 Å². The fourth-order valence-electron chi connectivity index (χ4n) is 1.54. The van der Waals surface area contributed by atoms with Crippen LogP contribution in [0.4, 0.5) is 0 Å². The van der Waals surface area contributed by atoms with Gasteiger partial charge in [-0.2, -0.15) is 0 Å². The Labute approximate surface area is 112 Å². The lowest BCUT2D eigenvalue weighted by atomic mass is 10.2. The number of hydrogen-bond donors (Lipinski definition) is 1. The smallest absolute Gasteiger partial charge is 0.335 e. The predicted octanol–water partition coefficient (Wildman–Crippen LogP) is 2.80. The Kier molecular flexibility index (Phi) is 4.28. The lowest BCUT2D eigenvalue weighted by molar-refractivity contribution is 0.0696. The molecule has 0 aliphatic carbocycles. The van der Waals surface area contributed by atoms with Crippen molar-refractivity contribution >= 4 is 28.1 Å². The maximum absolute atomic E-state index is 12.0. The molecule has 1 N–H and O–H groups in total. The highest BCUT2D eigenvalue weighted by molar-refractivity contribution is 7.85. The molecule has 0 amide bonds. The second kappa shape index (κ2) is 5.93. The first-order valence-electron chi connectivity index (χ1n) is 5.41. The van der Waals surface area contributed by atoms with E-state index in [0.29, 0.717) is 10.6 Å². The van der Waals surface area contributed by atoms with E-state index in [1.807, 2.05) is 17.5 Å². The molecule has 0 aliphatic rings. The lowest BCUT2D eigenvalue weighted by Crippen LogP contribution is -2.03. The van der Waals surface area contributed by atoms with E-state index in [1.54, 1.807) is 23.5 Å². The van der Waals surface area contributed by atoms with Gasteiger partial charge >= 0.3 is 5.97 Å². The quantitative estimate of drug-likeness (QED) is 0.916. The zero-order chi connectivity index (χ0) is 13.0. The van der Waals surface area contributed by atoms with Crippen LogP contribution in [0.2, 0.25) is 0 Å². The third kappa shape index (κ3) is 3.27. The van der Waals surface area contributed by atoms with E-state index in [9.17, 15) is 9.00 Å². The molecule has 18 heavy (non-hydrogen) atoms. The summed E-state index contributed by atoms with van der Waals surface area (Å²) in [6.45, 7) is 0. The molecule has 1 unspecified atom stereocenters. The molecule has 0 spiro atoms. The molecule has 1 aromatic carbocycles. The summed E-state index contributed by atoms with van der Waals surface area (Å²) in [5.74, 6) is -0.476. The Bertz CT molecular complexity index is 561. The van der Waals surface area contributed by atoms with Crippen LogP contribution in [-0.4, -0.2) is 21.0 Å². The number of hydrogen-bond acceptors (Lipinski definition) is 3. The molecule has 0 saturated carbocycles. The highest BCUT2D eigenvalue weighted by Crippen LogP contribution is 2.14. The van der Waals surface area contributed by atoms with Gasteiger partial charge in [0.2, 0.25) is 0 Å². The number of rotatable bonds is 5. The second-order valence-electron chi connectivity index (χ2n) is 3.71. The minimum atomic E-state index is -1.15. The van der Waals surface area contributed by atoms with E-state index in [2.05, 4.69) is 0 Å². The molecular formula is C13H12O3S2. The Morgan fingerprint density at radius 3 is 2.78 bits per heavy atom. The van der Waals surface area contributed by atoms with Gasteiger partial charge in [-0.3, -0.25) is 4.21 Å². The molecule has 1 atom stereocenters. The summed E-state index contributed by atoms with van der Waals surface area (Å²) in [6, 6.07) is 10.3. The summed E-state index contributed by atoms with van der Waals surface area (Å²) >= 11 is 1.64. The van der Waals surface area contributed by atoms with Gasteiger partial charge in [0.25, 0.3) is 0 Å². The Balaban J connectivity index is 2.04. The first kappa shape index (κ1) is 13.0. The van der Waals surface area contributed by atoms with E-state index in [-0.39, 0.29) is 5.56 Å². The molecule has 2 rings (SSSR count). The van der Waals surface area contributed by atoms with Gasteiger partial charge < -0.3 is 5.11 Å². The van der Waals surface area contributed by atoms with Crippen LogP contribution < -0.4 is 0 Å². The fraction of sp³-hybridized carbons (Fsp3) is 0.154. The van der Waals surface area contributed by atoms with Crippen molar-refractivity contribution in [2.45, 2.75) is 11.3 Å². The molecule has 0 bridgehead atoms. The maximum atomic E-state index is 12.0. The number of benzene rings is 1. The van der Waals surface area contributed by atoms with Gasteiger partial charge in [-0.15, -0.1) is 11.3 Å². The van der Waals surface area contributed by atoms with Crippen molar-refractivity contribution in [2.75, 3.05) is 5.75 Å². The normalized spacial score (nSPS) is 12.2. The molecule has 3 nitrogen and oxygen atoms in total. The van der Waals surface area contributed by atoms with Crippen molar-refractivity contribution in [1.29, 1.82) is 0 Å². The van der Waals surface area contributed by atoms with Crippen LogP contribution in [0.1, 0.15) is 15.2 Å². The summed E-state index contributed by atoms with van der Waals surface area (Å²) in [5, 5.41) is 10.9. The van der Waals surface area contributed by atoms with Gasteiger partial charge in [-0.05, 0) is 36.1 Å². The Hall–Kier alpha value is -1.46. The van der Waals surface area contributed by atoms with Crippen LogP contribution in [0.5, 0.6) is 0 Å².